The van der Waals surface area contributed by atoms with Crippen molar-refractivity contribution in [2.24, 2.45) is 0 Å². The molecule has 3 nitrogen and oxygen atoms in total. The molecule has 0 spiro atoms. The number of ether oxygens (including phenoxy) is 1. The number of alkyl halides is 2. The Morgan fingerprint density at radius 1 is 1.30 bits per heavy atom. The average Bonchev–Trinajstić information content (AvgIpc) is 2.93. The maximum absolute atomic E-state index is 12.0. The van der Waals surface area contributed by atoms with Crippen LogP contribution in [0.1, 0.15) is 15.2 Å². The SMILES string of the molecule is CN(Cc1ccc(OC(F)F)cc1)C(=O)c1cccs1. The van der Waals surface area contributed by atoms with E-state index in [1.165, 1.54) is 23.5 Å². The molecule has 0 fully saturated rings. The summed E-state index contributed by atoms with van der Waals surface area (Å²) in [5.41, 5.74) is 0.846. The van der Waals surface area contributed by atoms with E-state index in [9.17, 15) is 13.6 Å². The molecule has 106 valence electrons. The number of halogens is 2. The zero-order valence-corrected chi connectivity index (χ0v) is 11.6. The summed E-state index contributed by atoms with van der Waals surface area (Å²) < 4.78 is 28.3. The lowest BCUT2D eigenvalue weighted by molar-refractivity contribution is -0.0498. The zero-order valence-electron chi connectivity index (χ0n) is 10.8. The van der Waals surface area contributed by atoms with Crippen LogP contribution in [0.4, 0.5) is 8.78 Å². The van der Waals surface area contributed by atoms with E-state index in [1.54, 1.807) is 30.1 Å². The van der Waals surface area contributed by atoms with Gasteiger partial charge in [-0.1, -0.05) is 18.2 Å². The Morgan fingerprint density at radius 3 is 2.55 bits per heavy atom. The molecule has 20 heavy (non-hydrogen) atoms. The van der Waals surface area contributed by atoms with Gasteiger partial charge < -0.3 is 9.64 Å². The molecule has 0 aliphatic heterocycles. The van der Waals surface area contributed by atoms with Gasteiger partial charge in [0, 0.05) is 13.6 Å². The van der Waals surface area contributed by atoms with E-state index in [0.717, 1.165) is 5.56 Å². The predicted octanol–water partition coefficient (Wildman–Crippen LogP) is 3.62. The Morgan fingerprint density at radius 2 is 2.00 bits per heavy atom. The van der Waals surface area contributed by atoms with Crippen LogP contribution in [0, 0.1) is 0 Å². The fourth-order valence-corrected chi connectivity index (χ4v) is 2.43. The number of nitrogens with zero attached hydrogens (tertiary/aromatic N) is 1. The number of thiophene rings is 1. The first-order valence-corrected chi connectivity index (χ1v) is 6.77. The lowest BCUT2D eigenvalue weighted by atomic mass is 10.2. The van der Waals surface area contributed by atoms with Crippen LogP contribution in [0.25, 0.3) is 0 Å². The molecule has 0 aliphatic rings. The molecule has 0 N–H and O–H groups in total. The quantitative estimate of drug-likeness (QED) is 0.843. The van der Waals surface area contributed by atoms with Crippen LogP contribution in [0.3, 0.4) is 0 Å². The molecule has 0 radical (unpaired) electrons. The monoisotopic (exact) mass is 297 g/mol. The molecular formula is C14H13F2NO2S. The van der Waals surface area contributed by atoms with E-state index in [0.29, 0.717) is 11.4 Å². The second-order valence-electron chi connectivity index (χ2n) is 4.16. The largest absolute Gasteiger partial charge is 0.435 e. The second kappa shape index (κ2) is 6.47. The highest BCUT2D eigenvalue weighted by molar-refractivity contribution is 7.12. The molecule has 1 heterocycles. The van der Waals surface area contributed by atoms with Gasteiger partial charge in [-0.25, -0.2) is 0 Å². The van der Waals surface area contributed by atoms with E-state index in [4.69, 9.17) is 0 Å². The van der Waals surface area contributed by atoms with Crippen LogP contribution >= 0.6 is 11.3 Å². The lowest BCUT2D eigenvalue weighted by Crippen LogP contribution is -2.25. The molecule has 2 rings (SSSR count). The Kier molecular flexibility index (Phi) is 4.68. The van der Waals surface area contributed by atoms with Gasteiger partial charge >= 0.3 is 6.61 Å². The minimum absolute atomic E-state index is 0.0621. The average molecular weight is 297 g/mol. The lowest BCUT2D eigenvalue weighted by Gasteiger charge is -2.16. The Balaban J connectivity index is 1.97. The van der Waals surface area contributed by atoms with Crippen LogP contribution < -0.4 is 4.74 Å². The Hall–Kier alpha value is -1.95. The minimum atomic E-state index is -2.83. The number of hydrogen-bond acceptors (Lipinski definition) is 3. The molecule has 2 aromatic rings. The summed E-state index contributed by atoms with van der Waals surface area (Å²) in [6.45, 7) is -2.42. The molecule has 0 aliphatic carbocycles. The maximum Gasteiger partial charge on any atom is 0.387 e. The number of carbonyl (C=O) groups is 1. The van der Waals surface area contributed by atoms with Gasteiger partial charge in [-0.3, -0.25) is 4.79 Å². The highest BCUT2D eigenvalue weighted by Gasteiger charge is 2.13. The Labute approximate surface area is 119 Å². The first kappa shape index (κ1) is 14.5. The van der Waals surface area contributed by atoms with Crippen molar-refractivity contribution < 1.29 is 18.3 Å². The number of benzene rings is 1. The van der Waals surface area contributed by atoms with Gasteiger partial charge in [0.25, 0.3) is 5.91 Å². The van der Waals surface area contributed by atoms with Crippen LogP contribution in [-0.2, 0) is 6.54 Å². The van der Waals surface area contributed by atoms with Crippen LogP contribution in [0.2, 0.25) is 0 Å². The molecule has 0 atom stereocenters. The predicted molar refractivity (Wildman–Crippen MR) is 73.2 cm³/mol. The van der Waals surface area contributed by atoms with Crippen molar-refractivity contribution in [3.63, 3.8) is 0 Å². The number of carbonyl (C=O) groups excluding carboxylic acids is 1. The van der Waals surface area contributed by atoms with Crippen molar-refractivity contribution in [2.75, 3.05) is 7.05 Å². The molecule has 1 aromatic carbocycles. The number of amides is 1. The van der Waals surface area contributed by atoms with Gasteiger partial charge in [-0.15, -0.1) is 11.3 Å². The molecule has 6 heteroatoms. The highest BCUT2D eigenvalue weighted by atomic mass is 32.1. The van der Waals surface area contributed by atoms with Crippen LogP contribution in [-0.4, -0.2) is 24.5 Å². The highest BCUT2D eigenvalue weighted by Crippen LogP contribution is 2.17. The van der Waals surface area contributed by atoms with E-state index in [2.05, 4.69) is 4.74 Å². The first-order chi connectivity index (χ1) is 9.56. The van der Waals surface area contributed by atoms with Crippen molar-refractivity contribution >= 4 is 17.2 Å². The van der Waals surface area contributed by atoms with Gasteiger partial charge in [0.05, 0.1) is 4.88 Å². The number of hydrogen-bond donors (Lipinski definition) is 0. The van der Waals surface area contributed by atoms with Crippen molar-refractivity contribution in [1.82, 2.24) is 4.90 Å². The molecule has 0 unspecified atom stereocenters. The molecule has 0 bridgehead atoms. The number of rotatable bonds is 5. The topological polar surface area (TPSA) is 29.5 Å². The third-order valence-corrected chi connectivity index (χ3v) is 3.50. The molecular weight excluding hydrogens is 284 g/mol. The normalized spacial score (nSPS) is 10.6. The molecule has 0 saturated carbocycles. The fraction of sp³-hybridized carbons (Fsp3) is 0.214. The van der Waals surface area contributed by atoms with Gasteiger partial charge in [0.15, 0.2) is 0 Å². The summed E-state index contributed by atoms with van der Waals surface area (Å²) in [5.74, 6) is 0.0453. The van der Waals surface area contributed by atoms with Crippen molar-refractivity contribution in [3.05, 3.63) is 52.2 Å². The van der Waals surface area contributed by atoms with E-state index in [1.807, 2.05) is 11.4 Å². The molecule has 1 amide bonds. The van der Waals surface area contributed by atoms with E-state index >= 15 is 0 Å². The summed E-state index contributed by atoms with van der Waals surface area (Å²) >= 11 is 1.38. The van der Waals surface area contributed by atoms with Crippen molar-refractivity contribution in [1.29, 1.82) is 0 Å². The van der Waals surface area contributed by atoms with Gasteiger partial charge in [-0.2, -0.15) is 8.78 Å². The van der Waals surface area contributed by atoms with Crippen LogP contribution in [0.5, 0.6) is 5.75 Å². The standard InChI is InChI=1S/C14H13F2NO2S/c1-17(13(18)12-3-2-8-20-12)9-10-4-6-11(7-5-10)19-14(15)16/h2-8,14H,9H2,1H3. The second-order valence-corrected chi connectivity index (χ2v) is 5.11. The van der Waals surface area contributed by atoms with Crippen molar-refractivity contribution in [2.45, 2.75) is 13.2 Å². The summed E-state index contributed by atoms with van der Waals surface area (Å²) in [6.07, 6.45) is 0. The van der Waals surface area contributed by atoms with Gasteiger partial charge in [-0.05, 0) is 29.1 Å². The van der Waals surface area contributed by atoms with Crippen LogP contribution in [0.15, 0.2) is 41.8 Å². The van der Waals surface area contributed by atoms with Crippen molar-refractivity contribution in [3.8, 4) is 5.75 Å². The third kappa shape index (κ3) is 3.77. The zero-order chi connectivity index (χ0) is 14.5. The summed E-state index contributed by atoms with van der Waals surface area (Å²) in [7, 11) is 1.70. The molecule has 1 aromatic heterocycles. The van der Waals surface area contributed by atoms with Gasteiger partial charge in [0.1, 0.15) is 5.75 Å². The summed E-state index contributed by atoms with van der Waals surface area (Å²) in [5, 5.41) is 1.84. The Bertz CT molecular complexity index is 555. The minimum Gasteiger partial charge on any atom is -0.435 e. The first-order valence-electron chi connectivity index (χ1n) is 5.89. The summed E-state index contributed by atoms with van der Waals surface area (Å²) in [6, 6.07) is 9.84. The van der Waals surface area contributed by atoms with Gasteiger partial charge in [0.2, 0.25) is 0 Å². The maximum atomic E-state index is 12.0. The summed E-state index contributed by atoms with van der Waals surface area (Å²) in [4.78, 5) is 14.3. The molecule has 0 saturated heterocycles. The third-order valence-electron chi connectivity index (χ3n) is 2.65. The van der Waals surface area contributed by atoms with E-state index < -0.39 is 6.61 Å². The smallest absolute Gasteiger partial charge is 0.387 e. The van der Waals surface area contributed by atoms with E-state index in [-0.39, 0.29) is 11.7 Å². The fourth-order valence-electron chi connectivity index (χ4n) is 1.71.